The lowest BCUT2D eigenvalue weighted by molar-refractivity contribution is -0.127. The molecule has 0 radical (unpaired) electrons. The van der Waals surface area contributed by atoms with Crippen LogP contribution in [0.2, 0.25) is 5.02 Å². The smallest absolute Gasteiger partial charge is 0.230 e. The molecule has 1 unspecified atom stereocenters. The van der Waals surface area contributed by atoms with Gasteiger partial charge in [0.15, 0.2) is 0 Å². The van der Waals surface area contributed by atoms with Crippen molar-refractivity contribution >= 4 is 40.2 Å². The molecule has 1 aliphatic carbocycles. The van der Waals surface area contributed by atoms with Gasteiger partial charge in [0.2, 0.25) is 11.9 Å². The molecule has 1 aromatic carbocycles. The lowest BCUT2D eigenvalue weighted by atomic mass is 9.86. The van der Waals surface area contributed by atoms with E-state index in [9.17, 15) is 9.90 Å². The number of benzene rings is 1. The van der Waals surface area contributed by atoms with Crippen molar-refractivity contribution in [2.75, 3.05) is 37.0 Å². The van der Waals surface area contributed by atoms with Crippen LogP contribution in [0.5, 0.6) is 0 Å². The Morgan fingerprint density at radius 2 is 1.84 bits per heavy atom. The van der Waals surface area contributed by atoms with Gasteiger partial charge in [0.25, 0.3) is 0 Å². The SMILES string of the molecule is Cc1ccc2ccc(N[C@H]3CC[C@H](CNc4ncc(C(CO)C(=O)NC5COC5)cn4)CC3)nc2c1Cl. The predicted octanol–water partition coefficient (Wildman–Crippen LogP) is 3.66. The average Bonchev–Trinajstić information content (AvgIpc) is 2.89. The Hall–Kier alpha value is -3.01. The molecular weight excluding hydrogens is 492 g/mol. The van der Waals surface area contributed by atoms with Crippen molar-refractivity contribution in [1.29, 1.82) is 0 Å². The number of ether oxygens (including phenoxy) is 1. The quantitative estimate of drug-likeness (QED) is 0.334. The minimum atomic E-state index is -0.686. The lowest BCUT2D eigenvalue weighted by Crippen LogP contribution is -2.50. The molecular formula is C27H33ClN6O3. The van der Waals surface area contributed by atoms with Gasteiger partial charge in [-0.3, -0.25) is 4.79 Å². The first kappa shape index (κ1) is 25.6. The predicted molar refractivity (Wildman–Crippen MR) is 144 cm³/mol. The van der Waals surface area contributed by atoms with Crippen LogP contribution in [-0.2, 0) is 9.53 Å². The number of aliphatic hydroxyl groups is 1. The number of nitrogens with one attached hydrogen (secondary N) is 3. The molecule has 0 spiro atoms. The second-order valence-electron chi connectivity index (χ2n) is 10.0. The summed E-state index contributed by atoms with van der Waals surface area (Å²) < 4.78 is 5.08. The highest BCUT2D eigenvalue weighted by atomic mass is 35.5. The van der Waals surface area contributed by atoms with Crippen molar-refractivity contribution in [2.45, 2.75) is 50.6 Å². The summed E-state index contributed by atoms with van der Waals surface area (Å²) in [4.78, 5) is 25.9. The van der Waals surface area contributed by atoms with E-state index < -0.39 is 5.92 Å². The number of carbonyl (C=O) groups is 1. The van der Waals surface area contributed by atoms with Crippen LogP contribution in [0, 0.1) is 12.8 Å². The maximum atomic E-state index is 12.4. The Morgan fingerprint density at radius 1 is 1.11 bits per heavy atom. The second-order valence-corrected chi connectivity index (χ2v) is 10.4. The van der Waals surface area contributed by atoms with Crippen LogP contribution in [0.3, 0.4) is 0 Å². The highest BCUT2D eigenvalue weighted by Gasteiger charge is 2.27. The molecule has 1 amide bonds. The van der Waals surface area contributed by atoms with Crippen LogP contribution in [0.1, 0.15) is 42.7 Å². The van der Waals surface area contributed by atoms with Crippen LogP contribution < -0.4 is 16.0 Å². The zero-order chi connectivity index (χ0) is 25.8. The first-order valence-corrected chi connectivity index (χ1v) is 13.2. The molecule has 196 valence electrons. The summed E-state index contributed by atoms with van der Waals surface area (Å²) >= 11 is 6.48. The zero-order valence-corrected chi connectivity index (χ0v) is 21.7. The number of halogens is 1. The molecule has 1 aliphatic heterocycles. The van der Waals surface area contributed by atoms with Crippen LogP contribution in [0.15, 0.2) is 36.7 Å². The zero-order valence-electron chi connectivity index (χ0n) is 20.9. The summed E-state index contributed by atoms with van der Waals surface area (Å²) in [7, 11) is 0. The largest absolute Gasteiger partial charge is 0.395 e. The Labute approximate surface area is 221 Å². The summed E-state index contributed by atoms with van der Waals surface area (Å²) in [6.45, 7) is 3.51. The van der Waals surface area contributed by atoms with E-state index in [4.69, 9.17) is 21.3 Å². The minimum Gasteiger partial charge on any atom is -0.395 e. The molecule has 3 heterocycles. The van der Waals surface area contributed by atoms with E-state index in [1.165, 1.54) is 0 Å². The van der Waals surface area contributed by atoms with E-state index in [0.717, 1.165) is 54.5 Å². The number of aromatic nitrogens is 3. The van der Waals surface area contributed by atoms with Crippen molar-refractivity contribution in [1.82, 2.24) is 20.3 Å². The number of aryl methyl sites for hydroxylation is 1. The van der Waals surface area contributed by atoms with Gasteiger partial charge in [0.1, 0.15) is 5.82 Å². The minimum absolute atomic E-state index is 0.0142. The number of nitrogens with zero attached hydrogens (tertiary/aromatic N) is 3. The van der Waals surface area contributed by atoms with Gasteiger partial charge in [-0.05, 0) is 56.2 Å². The third kappa shape index (κ3) is 6.11. The van der Waals surface area contributed by atoms with E-state index in [-0.39, 0.29) is 18.6 Å². The number of hydrogen-bond acceptors (Lipinski definition) is 8. The number of pyridine rings is 1. The van der Waals surface area contributed by atoms with Crippen LogP contribution in [0.4, 0.5) is 11.8 Å². The monoisotopic (exact) mass is 524 g/mol. The average molecular weight is 525 g/mol. The van der Waals surface area contributed by atoms with E-state index >= 15 is 0 Å². The molecule has 1 saturated carbocycles. The fourth-order valence-electron chi connectivity index (χ4n) is 4.86. The lowest BCUT2D eigenvalue weighted by Gasteiger charge is -2.29. The van der Waals surface area contributed by atoms with Gasteiger partial charge >= 0.3 is 0 Å². The van der Waals surface area contributed by atoms with E-state index in [1.54, 1.807) is 12.4 Å². The molecule has 10 heteroatoms. The maximum Gasteiger partial charge on any atom is 0.230 e. The fourth-order valence-corrected chi connectivity index (χ4v) is 5.08. The molecule has 2 aliphatic rings. The molecule has 1 atom stereocenters. The van der Waals surface area contributed by atoms with Crippen molar-refractivity contribution in [3.63, 3.8) is 0 Å². The highest BCUT2D eigenvalue weighted by molar-refractivity contribution is 6.35. The molecule has 4 N–H and O–H groups in total. The van der Waals surface area contributed by atoms with E-state index in [2.05, 4.69) is 38.1 Å². The summed E-state index contributed by atoms with van der Waals surface area (Å²) in [5.41, 5.74) is 2.47. The first-order valence-electron chi connectivity index (χ1n) is 12.9. The van der Waals surface area contributed by atoms with Crippen LogP contribution >= 0.6 is 11.6 Å². The van der Waals surface area contributed by atoms with Crippen LogP contribution in [-0.4, -0.2) is 64.4 Å². The molecule has 2 fully saturated rings. The molecule has 2 aromatic heterocycles. The summed E-state index contributed by atoms with van der Waals surface area (Å²) in [6, 6.07) is 8.56. The fraction of sp³-hybridized carbons (Fsp3) is 0.481. The summed E-state index contributed by atoms with van der Waals surface area (Å²) in [5.74, 6) is 1.01. The molecule has 1 saturated heterocycles. The highest BCUT2D eigenvalue weighted by Crippen LogP contribution is 2.29. The second kappa shape index (κ2) is 11.6. The maximum absolute atomic E-state index is 12.4. The normalized spacial score (nSPS) is 20.7. The third-order valence-electron chi connectivity index (χ3n) is 7.30. The summed E-state index contributed by atoms with van der Waals surface area (Å²) in [5, 5.41) is 21.2. The van der Waals surface area contributed by atoms with Crippen molar-refractivity contribution in [3.8, 4) is 0 Å². The number of carbonyl (C=O) groups excluding carboxylic acids is 1. The van der Waals surface area contributed by atoms with Gasteiger partial charge in [-0.2, -0.15) is 0 Å². The molecule has 37 heavy (non-hydrogen) atoms. The third-order valence-corrected chi connectivity index (χ3v) is 7.78. The molecule has 3 aromatic rings. The Balaban J connectivity index is 1.08. The number of fused-ring (bicyclic) bond motifs is 1. The molecule has 0 bridgehead atoms. The van der Waals surface area contributed by atoms with Crippen LogP contribution in [0.25, 0.3) is 10.9 Å². The van der Waals surface area contributed by atoms with Crippen molar-refractivity contribution < 1.29 is 14.6 Å². The Morgan fingerprint density at radius 3 is 2.51 bits per heavy atom. The Bertz CT molecular complexity index is 1230. The number of anilines is 2. The number of rotatable bonds is 9. The molecule has 9 nitrogen and oxygen atoms in total. The Kier molecular flexibility index (Phi) is 8.02. The standard InChI is InChI=1S/C27H33ClN6O3/c1-16-2-5-18-6-9-23(34-25(18)24(16)28)32-20-7-3-17(4-8-20)10-29-27-30-11-19(12-31-27)22(13-35)26(36)33-21-14-37-15-21/h2,5-6,9,11-12,17,20-22,35H,3-4,7-8,10,13-15H2,1H3,(H,32,34)(H,33,36)(H,29,30,31)/t17-,20-,22?. The van der Waals surface area contributed by atoms with Gasteiger partial charge in [0, 0.05) is 35.9 Å². The van der Waals surface area contributed by atoms with Gasteiger partial charge in [0.05, 0.1) is 42.3 Å². The van der Waals surface area contributed by atoms with Gasteiger partial charge in [-0.25, -0.2) is 15.0 Å². The molecule has 5 rings (SSSR count). The van der Waals surface area contributed by atoms with E-state index in [0.29, 0.717) is 41.7 Å². The van der Waals surface area contributed by atoms with Crippen molar-refractivity contribution in [2.24, 2.45) is 5.92 Å². The number of hydrogen-bond donors (Lipinski definition) is 4. The first-order chi connectivity index (χ1) is 18.0. The number of aliphatic hydroxyl groups excluding tert-OH is 1. The van der Waals surface area contributed by atoms with Gasteiger partial charge in [-0.1, -0.05) is 23.7 Å². The van der Waals surface area contributed by atoms with Gasteiger partial charge in [-0.15, -0.1) is 0 Å². The summed E-state index contributed by atoms with van der Waals surface area (Å²) in [6.07, 6.45) is 7.53. The van der Waals surface area contributed by atoms with Crippen molar-refractivity contribution in [3.05, 3.63) is 52.8 Å². The van der Waals surface area contributed by atoms with Gasteiger partial charge < -0.3 is 25.8 Å². The topological polar surface area (TPSA) is 121 Å². The van der Waals surface area contributed by atoms with E-state index in [1.807, 2.05) is 19.1 Å². The number of amides is 1.